The Balaban J connectivity index is 3.09. The second-order valence-corrected chi connectivity index (χ2v) is 5.71. The first kappa shape index (κ1) is 15.6. The molecule has 1 aromatic rings. The van der Waals surface area contributed by atoms with Gasteiger partial charge in [0.2, 0.25) is 10.0 Å². The molecule has 1 heterocycles. The van der Waals surface area contributed by atoms with Gasteiger partial charge >= 0.3 is 0 Å². The Morgan fingerprint density at radius 3 is 2.58 bits per heavy atom. The third-order valence-corrected chi connectivity index (χ3v) is 4.54. The molecule has 0 spiro atoms. The summed E-state index contributed by atoms with van der Waals surface area (Å²) in [4.78, 5) is 4.06. The van der Waals surface area contributed by atoms with Gasteiger partial charge in [0.15, 0.2) is 0 Å². The third-order valence-electron chi connectivity index (χ3n) is 2.53. The van der Waals surface area contributed by atoms with Gasteiger partial charge in [-0.2, -0.15) is 4.31 Å². The zero-order valence-corrected chi connectivity index (χ0v) is 11.9. The molecule has 1 N–H and O–H groups in total. The summed E-state index contributed by atoms with van der Waals surface area (Å²) in [6.07, 6.45) is 3.18. The van der Waals surface area contributed by atoms with Crippen molar-refractivity contribution in [3.63, 3.8) is 0 Å². The number of nitrogens with zero attached hydrogens (tertiary/aromatic N) is 2. The van der Waals surface area contributed by atoms with Gasteiger partial charge in [0.25, 0.3) is 0 Å². The third kappa shape index (κ3) is 4.03. The molecule has 0 aliphatic carbocycles. The fourth-order valence-electron chi connectivity index (χ4n) is 1.56. The van der Waals surface area contributed by atoms with Gasteiger partial charge < -0.3 is 5.11 Å². The second kappa shape index (κ2) is 7.24. The van der Waals surface area contributed by atoms with E-state index in [1.807, 2.05) is 0 Å². The maximum Gasteiger partial charge on any atom is 0.244 e. The molecule has 0 bridgehead atoms. The summed E-state index contributed by atoms with van der Waals surface area (Å²) >= 11 is 0. The van der Waals surface area contributed by atoms with Crippen LogP contribution in [0, 0.1) is 11.8 Å². The normalized spacial score (nSPS) is 11.2. The van der Waals surface area contributed by atoms with E-state index in [9.17, 15) is 8.42 Å². The standard InChI is InChI=1S/C13H18N2O3S/c1-3-15(4-2)19(17,18)13-9-12(10-14-11-13)7-5-6-8-16/h9-11,16H,3-4,6,8H2,1-2H3. The number of sulfonamides is 1. The topological polar surface area (TPSA) is 70.5 Å². The van der Waals surface area contributed by atoms with Crippen LogP contribution in [0.5, 0.6) is 0 Å². The highest BCUT2D eigenvalue weighted by Gasteiger charge is 2.21. The van der Waals surface area contributed by atoms with Crippen LogP contribution in [0.3, 0.4) is 0 Å². The first-order valence-electron chi connectivity index (χ1n) is 6.11. The molecule has 0 aromatic carbocycles. The van der Waals surface area contributed by atoms with Crippen LogP contribution < -0.4 is 0 Å². The summed E-state index contributed by atoms with van der Waals surface area (Å²) in [6, 6.07) is 1.50. The maximum atomic E-state index is 12.3. The summed E-state index contributed by atoms with van der Waals surface area (Å²) in [6.45, 7) is 4.40. The summed E-state index contributed by atoms with van der Waals surface area (Å²) < 4.78 is 25.9. The number of hydrogen-bond donors (Lipinski definition) is 1. The lowest BCUT2D eigenvalue weighted by atomic mass is 10.3. The van der Waals surface area contributed by atoms with Crippen LogP contribution >= 0.6 is 0 Å². The first-order chi connectivity index (χ1) is 9.06. The van der Waals surface area contributed by atoms with Crippen molar-refractivity contribution in [2.45, 2.75) is 25.2 Å². The number of aliphatic hydroxyl groups is 1. The van der Waals surface area contributed by atoms with Crippen LogP contribution in [-0.4, -0.2) is 42.5 Å². The van der Waals surface area contributed by atoms with Crippen molar-refractivity contribution in [2.75, 3.05) is 19.7 Å². The van der Waals surface area contributed by atoms with Gasteiger partial charge in [0.1, 0.15) is 4.90 Å². The molecule has 1 aromatic heterocycles. The highest BCUT2D eigenvalue weighted by atomic mass is 32.2. The number of aromatic nitrogens is 1. The smallest absolute Gasteiger partial charge is 0.244 e. The highest BCUT2D eigenvalue weighted by Crippen LogP contribution is 2.15. The summed E-state index contributed by atoms with van der Waals surface area (Å²) in [7, 11) is -3.50. The predicted octanol–water partition coefficient (Wildman–Crippen LogP) is 0.846. The van der Waals surface area contributed by atoms with Gasteiger partial charge in [-0.3, -0.25) is 4.98 Å². The van der Waals surface area contributed by atoms with Crippen LogP contribution in [0.2, 0.25) is 0 Å². The molecule has 1 rings (SSSR count). The average Bonchev–Trinajstić information content (AvgIpc) is 2.40. The molecule has 0 saturated carbocycles. The van der Waals surface area contributed by atoms with Crippen molar-refractivity contribution in [3.05, 3.63) is 24.0 Å². The van der Waals surface area contributed by atoms with Crippen molar-refractivity contribution in [1.29, 1.82) is 0 Å². The summed E-state index contributed by atoms with van der Waals surface area (Å²) in [5.41, 5.74) is 0.529. The van der Waals surface area contributed by atoms with Gasteiger partial charge in [-0.1, -0.05) is 25.7 Å². The number of hydrogen-bond acceptors (Lipinski definition) is 4. The largest absolute Gasteiger partial charge is 0.395 e. The Hall–Kier alpha value is -1.42. The average molecular weight is 282 g/mol. The molecular weight excluding hydrogens is 264 g/mol. The first-order valence-corrected chi connectivity index (χ1v) is 7.55. The summed E-state index contributed by atoms with van der Waals surface area (Å²) in [5.74, 6) is 5.52. The van der Waals surface area contributed by atoms with E-state index < -0.39 is 10.0 Å². The van der Waals surface area contributed by atoms with Gasteiger partial charge in [0, 0.05) is 37.5 Å². The lowest BCUT2D eigenvalue weighted by Gasteiger charge is -2.18. The molecule has 0 fully saturated rings. The van der Waals surface area contributed by atoms with Gasteiger partial charge in [0.05, 0.1) is 6.61 Å². The molecule has 5 nitrogen and oxygen atoms in total. The van der Waals surface area contributed by atoms with Gasteiger partial charge in [-0.25, -0.2) is 8.42 Å². The van der Waals surface area contributed by atoms with Crippen molar-refractivity contribution < 1.29 is 13.5 Å². The molecule has 0 amide bonds. The predicted molar refractivity (Wildman–Crippen MR) is 72.9 cm³/mol. The van der Waals surface area contributed by atoms with Crippen LogP contribution in [0.4, 0.5) is 0 Å². The number of pyridine rings is 1. The fourth-order valence-corrected chi connectivity index (χ4v) is 3.01. The van der Waals surface area contributed by atoms with Crippen LogP contribution in [0.1, 0.15) is 25.8 Å². The molecule has 0 radical (unpaired) electrons. The lowest BCUT2D eigenvalue weighted by Crippen LogP contribution is -2.30. The SMILES string of the molecule is CCN(CC)S(=O)(=O)c1cncc(C#CCCO)c1. The van der Waals surface area contributed by atoms with Gasteiger partial charge in [-0.05, 0) is 6.07 Å². The van der Waals surface area contributed by atoms with Crippen molar-refractivity contribution >= 4 is 10.0 Å². The zero-order valence-electron chi connectivity index (χ0n) is 11.1. The Labute approximate surface area is 114 Å². The van der Waals surface area contributed by atoms with E-state index in [1.54, 1.807) is 13.8 Å². The molecule has 19 heavy (non-hydrogen) atoms. The second-order valence-electron chi connectivity index (χ2n) is 3.77. The number of aliphatic hydroxyl groups excluding tert-OH is 1. The molecule has 0 unspecified atom stereocenters. The lowest BCUT2D eigenvalue weighted by molar-refractivity contribution is 0.305. The zero-order chi connectivity index (χ0) is 14.3. The Bertz CT molecular complexity index is 569. The van der Waals surface area contributed by atoms with Crippen molar-refractivity contribution in [2.24, 2.45) is 0 Å². The van der Waals surface area contributed by atoms with E-state index in [0.29, 0.717) is 25.1 Å². The molecule has 104 valence electrons. The van der Waals surface area contributed by atoms with E-state index in [-0.39, 0.29) is 11.5 Å². The van der Waals surface area contributed by atoms with Crippen LogP contribution in [-0.2, 0) is 10.0 Å². The van der Waals surface area contributed by atoms with Gasteiger partial charge in [-0.15, -0.1) is 0 Å². The maximum absolute atomic E-state index is 12.3. The van der Waals surface area contributed by atoms with Crippen LogP contribution in [0.25, 0.3) is 0 Å². The molecule has 0 atom stereocenters. The Morgan fingerprint density at radius 2 is 2.00 bits per heavy atom. The minimum Gasteiger partial charge on any atom is -0.395 e. The quantitative estimate of drug-likeness (QED) is 0.813. The van der Waals surface area contributed by atoms with Crippen LogP contribution in [0.15, 0.2) is 23.4 Å². The monoisotopic (exact) mass is 282 g/mol. The van der Waals surface area contributed by atoms with E-state index >= 15 is 0 Å². The molecule has 0 aliphatic rings. The van der Waals surface area contributed by atoms with E-state index in [4.69, 9.17) is 5.11 Å². The molecular formula is C13H18N2O3S. The minimum atomic E-state index is -3.50. The Kier molecular flexibility index (Phi) is 5.96. The van der Waals surface area contributed by atoms with Crippen molar-refractivity contribution in [3.8, 4) is 11.8 Å². The molecule has 6 heteroatoms. The summed E-state index contributed by atoms with van der Waals surface area (Å²) in [5, 5.41) is 8.64. The Morgan fingerprint density at radius 1 is 1.32 bits per heavy atom. The van der Waals surface area contributed by atoms with E-state index in [0.717, 1.165) is 0 Å². The minimum absolute atomic E-state index is 0.0160. The molecule has 0 saturated heterocycles. The number of rotatable bonds is 5. The highest BCUT2D eigenvalue weighted by molar-refractivity contribution is 7.89. The van der Waals surface area contributed by atoms with E-state index in [1.165, 1.54) is 22.8 Å². The van der Waals surface area contributed by atoms with E-state index in [2.05, 4.69) is 16.8 Å². The van der Waals surface area contributed by atoms with Crippen molar-refractivity contribution in [1.82, 2.24) is 9.29 Å². The fraction of sp³-hybridized carbons (Fsp3) is 0.462. The molecule has 0 aliphatic heterocycles.